The first kappa shape index (κ1) is 22.1. The van der Waals surface area contributed by atoms with E-state index < -0.39 is 12.1 Å². The molecule has 33 heavy (non-hydrogen) atoms. The summed E-state index contributed by atoms with van der Waals surface area (Å²) in [7, 11) is 1.57. The van der Waals surface area contributed by atoms with Crippen LogP contribution in [0.5, 0.6) is 11.5 Å². The number of rotatable bonds is 7. The van der Waals surface area contributed by atoms with Gasteiger partial charge in [0.1, 0.15) is 11.5 Å². The Bertz CT molecular complexity index is 1140. The van der Waals surface area contributed by atoms with Gasteiger partial charge in [-0.25, -0.2) is 0 Å². The van der Waals surface area contributed by atoms with Crippen LogP contribution < -0.4 is 20.2 Å². The molecule has 2 N–H and O–H groups in total. The molecule has 7 nitrogen and oxygen atoms in total. The van der Waals surface area contributed by atoms with Crippen molar-refractivity contribution in [1.82, 2.24) is 10.7 Å². The highest BCUT2D eigenvalue weighted by molar-refractivity contribution is 5.98. The van der Waals surface area contributed by atoms with Gasteiger partial charge in [0, 0.05) is 16.7 Å². The van der Waals surface area contributed by atoms with Gasteiger partial charge in [0.25, 0.3) is 5.91 Å². The van der Waals surface area contributed by atoms with Crippen LogP contribution in [0, 0.1) is 0 Å². The molecular weight excluding hydrogens is 418 g/mol. The molecule has 0 bridgehead atoms. The van der Waals surface area contributed by atoms with Crippen LogP contribution in [0.4, 0.5) is 0 Å². The molecule has 1 aliphatic rings. The third-order valence-corrected chi connectivity index (χ3v) is 5.40. The van der Waals surface area contributed by atoms with Gasteiger partial charge in [-0.3, -0.25) is 9.59 Å². The van der Waals surface area contributed by atoms with Crippen molar-refractivity contribution in [2.75, 3.05) is 13.7 Å². The third-order valence-electron chi connectivity index (χ3n) is 5.40. The first-order valence-corrected chi connectivity index (χ1v) is 10.8. The molecule has 4 rings (SSSR count). The summed E-state index contributed by atoms with van der Waals surface area (Å²) in [6.45, 7) is 2.53. The van der Waals surface area contributed by atoms with E-state index in [2.05, 4.69) is 10.7 Å². The number of methoxy groups -OCH3 is 1. The number of hydrogen-bond donors (Lipinski definition) is 2. The van der Waals surface area contributed by atoms with Gasteiger partial charge in [0.05, 0.1) is 13.7 Å². The summed E-state index contributed by atoms with van der Waals surface area (Å²) in [5.41, 5.74) is 5.13. The maximum Gasteiger partial charge on any atom is 0.304 e. The number of carbonyl (C=O) groups excluding carboxylic acids is 2. The van der Waals surface area contributed by atoms with Gasteiger partial charge in [-0.1, -0.05) is 30.3 Å². The molecule has 2 atom stereocenters. The minimum absolute atomic E-state index is 0.284. The number of hydrazine groups is 1. The number of nitrogens with zero attached hydrogens (tertiary/aromatic N) is 1. The van der Waals surface area contributed by atoms with Crippen molar-refractivity contribution in [3.8, 4) is 11.5 Å². The van der Waals surface area contributed by atoms with Crippen molar-refractivity contribution < 1.29 is 23.7 Å². The van der Waals surface area contributed by atoms with E-state index in [1.807, 2.05) is 67.7 Å². The molecule has 1 aliphatic heterocycles. The molecule has 0 unspecified atom stereocenters. The fraction of sp³-hybridized carbons (Fsp3) is 0.192. The Balaban J connectivity index is 1.63. The molecule has 0 aromatic heterocycles. The number of benzene rings is 3. The van der Waals surface area contributed by atoms with Crippen molar-refractivity contribution in [2.24, 2.45) is 0 Å². The minimum atomic E-state index is -0.777. The Kier molecular flexibility index (Phi) is 6.69. The zero-order valence-corrected chi connectivity index (χ0v) is 18.5. The Hall–Kier alpha value is -4.13. The summed E-state index contributed by atoms with van der Waals surface area (Å²) < 4.78 is 12.4. The van der Waals surface area contributed by atoms with Crippen molar-refractivity contribution in [1.29, 1.82) is 0 Å². The van der Waals surface area contributed by atoms with Crippen LogP contribution in [0.25, 0.3) is 0 Å². The normalized spacial score (nSPS) is 18.6. The second-order valence-corrected chi connectivity index (χ2v) is 7.55. The van der Waals surface area contributed by atoms with Gasteiger partial charge in [0.2, 0.25) is 12.3 Å². The van der Waals surface area contributed by atoms with Gasteiger partial charge in [-0.05, 0) is 55.5 Å². The van der Waals surface area contributed by atoms with Gasteiger partial charge >= 0.3 is 5.91 Å². The predicted octanol–water partition coefficient (Wildman–Crippen LogP) is 3.11. The fourth-order valence-corrected chi connectivity index (χ4v) is 3.77. The van der Waals surface area contributed by atoms with E-state index in [4.69, 9.17) is 9.47 Å². The van der Waals surface area contributed by atoms with Crippen LogP contribution in [0.3, 0.4) is 0 Å². The van der Waals surface area contributed by atoms with Crippen LogP contribution in [-0.2, 0) is 4.79 Å². The quantitative estimate of drug-likeness (QED) is 0.549. The largest absolute Gasteiger partial charge is 0.497 e. The second-order valence-electron chi connectivity index (χ2n) is 7.55. The molecule has 168 valence electrons. The molecule has 2 amide bonds. The summed E-state index contributed by atoms with van der Waals surface area (Å²) in [4.78, 5) is 25.8. The summed E-state index contributed by atoms with van der Waals surface area (Å²) >= 11 is 0. The molecule has 0 spiro atoms. The first-order chi connectivity index (χ1) is 16.1. The van der Waals surface area contributed by atoms with Gasteiger partial charge in [0.15, 0.2) is 6.04 Å². The molecule has 0 saturated carbocycles. The second kappa shape index (κ2) is 9.99. The van der Waals surface area contributed by atoms with E-state index in [0.717, 1.165) is 16.9 Å². The summed E-state index contributed by atoms with van der Waals surface area (Å²) in [5.74, 6) is 0.822. The number of amides is 2. The average Bonchev–Trinajstić information content (AvgIpc) is 3.15. The molecule has 3 aromatic rings. The molecule has 7 heteroatoms. The van der Waals surface area contributed by atoms with E-state index in [1.54, 1.807) is 36.1 Å². The lowest BCUT2D eigenvalue weighted by Gasteiger charge is -2.15. The van der Waals surface area contributed by atoms with Crippen LogP contribution in [0.1, 0.15) is 34.5 Å². The minimum Gasteiger partial charge on any atom is -0.497 e. The highest BCUT2D eigenvalue weighted by Crippen LogP contribution is 2.25. The lowest BCUT2D eigenvalue weighted by atomic mass is 10.00. The number of nitrogens with one attached hydrogen (secondary N) is 2. The maximum atomic E-state index is 12.9. The summed E-state index contributed by atoms with van der Waals surface area (Å²) in [6, 6.07) is 22.8. The average molecular weight is 445 g/mol. The van der Waals surface area contributed by atoms with E-state index in [-0.39, 0.29) is 11.8 Å². The predicted molar refractivity (Wildman–Crippen MR) is 125 cm³/mol. The van der Waals surface area contributed by atoms with E-state index in [0.29, 0.717) is 17.9 Å². The molecule has 1 saturated heterocycles. The van der Waals surface area contributed by atoms with Crippen LogP contribution in [0.2, 0.25) is 0 Å². The van der Waals surface area contributed by atoms with Crippen molar-refractivity contribution >= 4 is 18.0 Å². The monoisotopic (exact) mass is 444 g/mol. The van der Waals surface area contributed by atoms with Crippen molar-refractivity contribution in [3.05, 3.63) is 95.6 Å². The van der Waals surface area contributed by atoms with E-state index in [9.17, 15) is 9.59 Å². The number of hydrogen-bond acceptors (Lipinski definition) is 4. The topological polar surface area (TPSA) is 79.7 Å². The van der Waals surface area contributed by atoms with Gasteiger partial charge in [-0.15, -0.1) is 10.1 Å². The van der Waals surface area contributed by atoms with Crippen LogP contribution >= 0.6 is 0 Å². The number of ether oxygens (including phenoxy) is 2. The van der Waals surface area contributed by atoms with Crippen molar-refractivity contribution in [3.63, 3.8) is 0 Å². The maximum absolute atomic E-state index is 12.9. The smallest absolute Gasteiger partial charge is 0.304 e. The number of carbonyl (C=O) groups is 2. The Morgan fingerprint density at radius 2 is 1.67 bits per heavy atom. The standard InChI is InChI=1S/C26H25N3O4/c1-3-33-22-13-9-18(10-14-22)17-29-24(19-7-5-4-6-8-19)23(26(31)28-29)27-25(30)20-11-15-21(32-2)16-12-20/h4-17,23-24H,3H2,1-2H3,(H-,27,28,30,31)/p+1/b29-17-/t23-,24+/m1/s1. The molecule has 1 heterocycles. The molecule has 1 fully saturated rings. The van der Waals surface area contributed by atoms with Gasteiger partial charge < -0.3 is 14.8 Å². The highest BCUT2D eigenvalue weighted by Gasteiger charge is 2.47. The molecule has 3 aromatic carbocycles. The van der Waals surface area contributed by atoms with E-state index >= 15 is 0 Å². The number of hydrazone groups is 1. The van der Waals surface area contributed by atoms with Gasteiger partial charge in [-0.2, -0.15) is 0 Å². The molecular formula is C26H26N3O4+. The lowest BCUT2D eigenvalue weighted by Crippen LogP contribution is -2.42. The Morgan fingerprint density at radius 1 is 1.00 bits per heavy atom. The Labute approximate surface area is 192 Å². The Morgan fingerprint density at radius 3 is 2.30 bits per heavy atom. The molecule has 0 aliphatic carbocycles. The van der Waals surface area contributed by atoms with Crippen molar-refractivity contribution in [2.45, 2.75) is 19.0 Å². The fourth-order valence-electron chi connectivity index (χ4n) is 3.77. The zero-order valence-electron chi connectivity index (χ0n) is 18.5. The highest BCUT2D eigenvalue weighted by atomic mass is 16.5. The molecule has 0 radical (unpaired) electrons. The van der Waals surface area contributed by atoms with Crippen LogP contribution in [-0.4, -0.2) is 42.5 Å². The zero-order chi connectivity index (χ0) is 23.2. The van der Waals surface area contributed by atoms with E-state index in [1.165, 1.54) is 0 Å². The van der Waals surface area contributed by atoms with Crippen LogP contribution in [0.15, 0.2) is 78.9 Å². The summed E-state index contributed by atoms with van der Waals surface area (Å²) in [5, 5.41) is 2.90. The lowest BCUT2D eigenvalue weighted by molar-refractivity contribution is -0.596. The first-order valence-electron chi connectivity index (χ1n) is 10.8. The summed E-state index contributed by atoms with van der Waals surface area (Å²) in [6.07, 6.45) is 1.85. The SMILES string of the molecule is CCOc1ccc(/C=[N+]2\NC(=O)[C@H](NC(=O)c3ccc(OC)cc3)[C@@H]2c2ccccc2)cc1. The third kappa shape index (κ3) is 5.03.